The molecule has 3 aromatic carbocycles. The molecule has 8 nitrogen and oxygen atoms in total. The lowest BCUT2D eigenvalue weighted by molar-refractivity contribution is -0.126. The average Bonchev–Trinajstić information content (AvgIpc) is 3.40. The number of nitrogens with one attached hydrogen (secondary N) is 1. The van der Waals surface area contributed by atoms with E-state index >= 15 is 0 Å². The molecule has 2 unspecified atom stereocenters. The van der Waals surface area contributed by atoms with Crippen LogP contribution in [0.5, 0.6) is 0 Å². The maximum Gasteiger partial charge on any atom is 0.239 e. The van der Waals surface area contributed by atoms with E-state index in [1.54, 1.807) is 12.3 Å². The van der Waals surface area contributed by atoms with Crippen molar-refractivity contribution in [1.29, 1.82) is 0 Å². The van der Waals surface area contributed by atoms with E-state index in [-0.39, 0.29) is 30.7 Å². The number of aromatic nitrogens is 2. The van der Waals surface area contributed by atoms with Gasteiger partial charge in [-0.3, -0.25) is 14.4 Å². The second-order valence-corrected chi connectivity index (χ2v) is 12.0. The first-order valence-corrected chi connectivity index (χ1v) is 15.0. The van der Waals surface area contributed by atoms with Gasteiger partial charge in [0.25, 0.3) is 0 Å². The summed E-state index contributed by atoms with van der Waals surface area (Å²) in [5.41, 5.74) is 5.39. The minimum atomic E-state index is -1.09. The number of carbonyl (C=O) groups is 3. The minimum absolute atomic E-state index is 0.0292. The Bertz CT molecular complexity index is 1990. The lowest BCUT2D eigenvalue weighted by Crippen LogP contribution is -2.59. The molecule has 1 aromatic heterocycles. The van der Waals surface area contributed by atoms with Crippen LogP contribution in [0.3, 0.4) is 0 Å². The lowest BCUT2D eigenvalue weighted by Gasteiger charge is -2.42. The van der Waals surface area contributed by atoms with E-state index in [1.807, 2.05) is 78.3 Å². The number of benzene rings is 3. The summed E-state index contributed by atoms with van der Waals surface area (Å²) in [6, 6.07) is 19.8. The summed E-state index contributed by atoms with van der Waals surface area (Å²) in [7, 11) is 0. The summed E-state index contributed by atoms with van der Waals surface area (Å²) < 4.78 is 0. The normalized spacial score (nSPS) is 19.8. The van der Waals surface area contributed by atoms with Crippen molar-refractivity contribution in [2.24, 2.45) is 5.92 Å². The molecular weight excluding hydrogens is 550 g/mol. The highest BCUT2D eigenvalue weighted by Crippen LogP contribution is 2.43. The zero-order valence-electron chi connectivity index (χ0n) is 25.0. The molecule has 4 aromatic rings. The summed E-state index contributed by atoms with van der Waals surface area (Å²) >= 11 is 0. The van der Waals surface area contributed by atoms with Crippen LogP contribution in [0.15, 0.2) is 73.2 Å². The molecule has 8 heteroatoms. The molecular formula is C36H33N5O3. The second kappa shape index (κ2) is 10.6. The minimum Gasteiger partial charge on any atom is -0.354 e. The van der Waals surface area contributed by atoms with Gasteiger partial charge in [-0.25, -0.2) is 9.97 Å². The molecule has 2 heterocycles. The zero-order valence-corrected chi connectivity index (χ0v) is 25.0. The van der Waals surface area contributed by atoms with Crippen LogP contribution in [0.2, 0.25) is 0 Å². The molecule has 0 fully saturated rings. The first-order chi connectivity index (χ1) is 21.3. The molecule has 220 valence electrons. The number of hydrogen-bond donors (Lipinski definition) is 1. The van der Waals surface area contributed by atoms with Crippen molar-refractivity contribution < 1.29 is 14.4 Å². The fraction of sp³-hybridized carbons (Fsp3) is 0.250. The van der Waals surface area contributed by atoms with Crippen molar-refractivity contribution in [2.75, 3.05) is 29.6 Å². The Morgan fingerprint density at radius 2 is 1.77 bits per heavy atom. The summed E-state index contributed by atoms with van der Waals surface area (Å²) in [5, 5.41) is 4.78. The Kier molecular flexibility index (Phi) is 6.65. The third-order valence-electron chi connectivity index (χ3n) is 9.31. The zero-order chi connectivity index (χ0) is 30.6. The Balaban J connectivity index is 1.22. The molecule has 0 saturated carbocycles. The van der Waals surface area contributed by atoms with Crippen molar-refractivity contribution in [3.63, 3.8) is 0 Å². The molecule has 1 N–H and O–H groups in total. The van der Waals surface area contributed by atoms with Gasteiger partial charge in [0.2, 0.25) is 5.91 Å². The molecule has 0 spiro atoms. The van der Waals surface area contributed by atoms with Gasteiger partial charge in [-0.05, 0) is 64.6 Å². The van der Waals surface area contributed by atoms with Gasteiger partial charge in [0.1, 0.15) is 17.6 Å². The third kappa shape index (κ3) is 4.32. The van der Waals surface area contributed by atoms with Crippen molar-refractivity contribution in [3.05, 3.63) is 106 Å². The molecule has 3 aliphatic rings. The van der Waals surface area contributed by atoms with Gasteiger partial charge >= 0.3 is 0 Å². The van der Waals surface area contributed by atoms with Crippen LogP contribution in [-0.4, -0.2) is 47.2 Å². The Morgan fingerprint density at radius 1 is 1.00 bits per heavy atom. The number of hydrogen-bond acceptors (Lipinski definition) is 7. The largest absolute Gasteiger partial charge is 0.354 e. The second-order valence-electron chi connectivity index (χ2n) is 12.0. The van der Waals surface area contributed by atoms with Crippen molar-refractivity contribution >= 4 is 41.1 Å². The molecule has 2 atom stereocenters. The van der Waals surface area contributed by atoms with Crippen LogP contribution >= 0.6 is 0 Å². The molecule has 0 bridgehead atoms. The molecule has 1 aliphatic heterocycles. The van der Waals surface area contributed by atoms with Crippen LogP contribution in [0.25, 0.3) is 23.3 Å². The van der Waals surface area contributed by atoms with Crippen molar-refractivity contribution in [3.8, 4) is 11.1 Å². The monoisotopic (exact) mass is 583 g/mol. The molecule has 0 saturated heterocycles. The summed E-state index contributed by atoms with van der Waals surface area (Å²) in [4.78, 5) is 53.2. The summed E-state index contributed by atoms with van der Waals surface area (Å²) in [5.74, 6) is 0.0791. The first-order valence-electron chi connectivity index (χ1n) is 15.0. The number of Topliss-reactive ketones (excluding diaryl/α,β-unsaturated/α-hetero) is 2. The van der Waals surface area contributed by atoms with Crippen LogP contribution in [0.1, 0.15) is 40.9 Å². The molecule has 2 aliphatic carbocycles. The third-order valence-corrected chi connectivity index (χ3v) is 9.31. The number of nitrogens with zero attached hydrogens (tertiary/aromatic N) is 4. The predicted octanol–water partition coefficient (Wildman–Crippen LogP) is 3.29. The van der Waals surface area contributed by atoms with Crippen LogP contribution < -0.4 is 25.6 Å². The smallest absolute Gasteiger partial charge is 0.239 e. The van der Waals surface area contributed by atoms with Crippen LogP contribution in [0.4, 0.5) is 11.5 Å². The average molecular weight is 584 g/mol. The number of ketones is 2. The topological polar surface area (TPSA) is 95.5 Å². The number of anilines is 2. The highest BCUT2D eigenvalue weighted by Gasteiger charge is 2.50. The van der Waals surface area contributed by atoms with E-state index in [4.69, 9.17) is 0 Å². The van der Waals surface area contributed by atoms with E-state index in [1.165, 1.54) is 17.5 Å². The predicted molar refractivity (Wildman–Crippen MR) is 171 cm³/mol. The number of carbonyl (C=O) groups excluding carboxylic acids is 3. The van der Waals surface area contributed by atoms with Crippen molar-refractivity contribution in [2.45, 2.75) is 32.7 Å². The van der Waals surface area contributed by atoms with Gasteiger partial charge in [-0.15, -0.1) is 0 Å². The van der Waals surface area contributed by atoms with E-state index in [0.29, 0.717) is 23.6 Å². The van der Waals surface area contributed by atoms with Gasteiger partial charge in [-0.1, -0.05) is 73.7 Å². The quantitative estimate of drug-likeness (QED) is 0.372. The molecule has 44 heavy (non-hydrogen) atoms. The number of fused-ring (bicyclic) bond motifs is 6. The Morgan fingerprint density at radius 3 is 2.59 bits per heavy atom. The number of aryl methyl sites for hydroxylation is 1. The summed E-state index contributed by atoms with van der Waals surface area (Å²) in [6.45, 7) is 6.82. The number of rotatable bonds is 6. The molecule has 1 amide bonds. The fourth-order valence-corrected chi connectivity index (χ4v) is 6.96. The first kappa shape index (κ1) is 27.7. The van der Waals surface area contributed by atoms with E-state index in [2.05, 4.69) is 34.3 Å². The molecule has 0 radical (unpaired) electrons. The van der Waals surface area contributed by atoms with Gasteiger partial charge < -0.3 is 15.1 Å². The van der Waals surface area contributed by atoms with E-state index in [9.17, 15) is 14.4 Å². The van der Waals surface area contributed by atoms with Crippen LogP contribution in [-0.2, 0) is 21.5 Å². The van der Waals surface area contributed by atoms with Crippen LogP contribution in [0, 0.1) is 12.8 Å². The standard InChI is InChI=1S/C36H33N5O3/c1-22-8-4-5-9-24(22)14-15-38-33(43)19-40-21-41(35-31(40)18-37-20-39-35)36(3)30-13-12-26-25-10-6-7-11-27(25)32(42)17-28(26)29(30)16-23(2)34(36)44/h4-13,16-18,20,23H,14-15,19,21H2,1-3H3,(H,38,43). The van der Waals surface area contributed by atoms with E-state index < -0.39 is 11.5 Å². The lowest BCUT2D eigenvalue weighted by atomic mass is 9.73. The maximum atomic E-state index is 14.2. The van der Waals surface area contributed by atoms with Gasteiger partial charge in [-0.2, -0.15) is 0 Å². The Hall–Kier alpha value is -5.11. The van der Waals surface area contributed by atoms with Gasteiger partial charge in [0.05, 0.1) is 19.4 Å². The highest BCUT2D eigenvalue weighted by molar-refractivity contribution is 6.22. The van der Waals surface area contributed by atoms with E-state index in [0.717, 1.165) is 33.5 Å². The molecule has 7 rings (SSSR count). The fourth-order valence-electron chi connectivity index (χ4n) is 6.96. The Labute approximate surface area is 255 Å². The van der Waals surface area contributed by atoms with Crippen molar-refractivity contribution in [1.82, 2.24) is 15.3 Å². The van der Waals surface area contributed by atoms with Gasteiger partial charge in [0, 0.05) is 18.0 Å². The number of amides is 1. The SMILES string of the molecule is Cc1ccccc1CCNC(=O)CN1CN(C2(C)C(=O)C(C)C=c3c2ccc2c3=CC(=O)c3ccccc3-2)c2ncncc21. The highest BCUT2D eigenvalue weighted by atomic mass is 16.2. The summed E-state index contributed by atoms with van der Waals surface area (Å²) in [6.07, 6.45) is 7.60. The maximum absolute atomic E-state index is 14.2. The van der Waals surface area contributed by atoms with Gasteiger partial charge in [0.15, 0.2) is 17.4 Å².